The molecule has 0 aromatic heterocycles. The van der Waals surface area contributed by atoms with Crippen LogP contribution in [0.5, 0.6) is 0 Å². The van der Waals surface area contributed by atoms with Crippen molar-refractivity contribution in [2.75, 3.05) is 14.1 Å². The number of hydrogen-bond acceptors (Lipinski definition) is 1. The third-order valence-electron chi connectivity index (χ3n) is 2.14. The molecule has 14 heavy (non-hydrogen) atoms. The first kappa shape index (κ1) is 12.3. The molecule has 78 valence electrons. The number of halogens is 1. The Bertz CT molecular complexity index is 304. The maximum absolute atomic E-state index is 6.54. The van der Waals surface area contributed by atoms with Crippen molar-refractivity contribution >= 4 is 29.8 Å². The van der Waals surface area contributed by atoms with E-state index in [0.29, 0.717) is 0 Å². The first-order valence-corrected chi connectivity index (χ1v) is 15.6. The van der Waals surface area contributed by atoms with Crippen LogP contribution in [0.2, 0.25) is 9.88 Å². The van der Waals surface area contributed by atoms with E-state index in [2.05, 4.69) is 53.1 Å². The van der Waals surface area contributed by atoms with E-state index in [0.717, 1.165) is 6.54 Å². The van der Waals surface area contributed by atoms with Gasteiger partial charge >= 0.3 is 95.0 Å². The van der Waals surface area contributed by atoms with Gasteiger partial charge in [0.15, 0.2) is 0 Å². The van der Waals surface area contributed by atoms with Crippen molar-refractivity contribution in [2.24, 2.45) is 0 Å². The molecule has 1 rings (SSSR count). The van der Waals surface area contributed by atoms with Gasteiger partial charge in [-0.25, -0.2) is 0 Å². The van der Waals surface area contributed by atoms with Crippen LogP contribution in [-0.2, 0) is 6.54 Å². The molecule has 1 aromatic carbocycles. The molecule has 0 N–H and O–H groups in total. The molecule has 0 radical (unpaired) electrons. The summed E-state index contributed by atoms with van der Waals surface area (Å²) in [6, 6.07) is 8.57. The second-order valence-electron chi connectivity index (χ2n) is 4.37. The minimum absolute atomic E-state index is 0.989. The zero-order valence-corrected chi connectivity index (χ0v) is 13.0. The predicted molar refractivity (Wildman–Crippen MR) is 66.8 cm³/mol. The zero-order valence-electron chi connectivity index (χ0n) is 9.34. The van der Waals surface area contributed by atoms with Gasteiger partial charge in [-0.05, 0) is 0 Å². The van der Waals surface area contributed by atoms with Crippen LogP contribution in [0.15, 0.2) is 24.3 Å². The van der Waals surface area contributed by atoms with Gasteiger partial charge in [-0.2, -0.15) is 0 Å². The standard InChI is InChI=1S/C9H12N.2CH3.ClH.Sn/c1-10(2)8-9-6-4-3-5-7-9;;;;/h3-6H,8H2,1-2H3;2*1H3;1H;/q;;;;+1/p-1. The molecule has 1 nitrogen and oxygen atoms in total. The average Bonchev–Trinajstić information content (AvgIpc) is 2.01. The van der Waals surface area contributed by atoms with Gasteiger partial charge in [0.05, 0.1) is 0 Å². The van der Waals surface area contributed by atoms with Crippen LogP contribution in [-0.4, -0.2) is 36.2 Å². The van der Waals surface area contributed by atoms with Crippen LogP contribution in [0.1, 0.15) is 5.56 Å². The molecule has 3 heteroatoms. The molecule has 0 aliphatic heterocycles. The summed E-state index contributed by atoms with van der Waals surface area (Å²) in [6.07, 6.45) is 0. The molecule has 0 heterocycles. The summed E-state index contributed by atoms with van der Waals surface area (Å²) in [7, 11) is 10.7. The fourth-order valence-corrected chi connectivity index (χ4v) is 6.86. The molecular formula is C11H18ClNSn. The number of benzene rings is 1. The van der Waals surface area contributed by atoms with Crippen molar-refractivity contribution in [3.05, 3.63) is 29.8 Å². The van der Waals surface area contributed by atoms with Crippen LogP contribution in [0.4, 0.5) is 0 Å². The van der Waals surface area contributed by atoms with Crippen molar-refractivity contribution in [3.8, 4) is 0 Å². The normalized spacial score (nSPS) is 12.1. The Morgan fingerprint density at radius 2 is 1.79 bits per heavy atom. The molecule has 1 aromatic rings. The molecule has 0 spiro atoms. The molecule has 0 atom stereocenters. The van der Waals surface area contributed by atoms with Gasteiger partial charge in [0.25, 0.3) is 0 Å². The fraction of sp³-hybridized carbons (Fsp3) is 0.455. The van der Waals surface area contributed by atoms with Crippen LogP contribution in [0, 0.1) is 0 Å². The van der Waals surface area contributed by atoms with Gasteiger partial charge in [-0.15, -0.1) is 0 Å². The van der Waals surface area contributed by atoms with Gasteiger partial charge in [0, 0.05) is 0 Å². The van der Waals surface area contributed by atoms with E-state index in [4.69, 9.17) is 8.92 Å². The molecule has 0 saturated heterocycles. The van der Waals surface area contributed by atoms with Gasteiger partial charge in [0.1, 0.15) is 0 Å². The van der Waals surface area contributed by atoms with Gasteiger partial charge in [-0.3, -0.25) is 0 Å². The number of hydrogen-bond donors (Lipinski definition) is 0. The number of rotatable bonds is 3. The van der Waals surface area contributed by atoms with Gasteiger partial charge in [0.2, 0.25) is 0 Å². The summed E-state index contributed by atoms with van der Waals surface area (Å²) in [4.78, 5) is 6.67. The third-order valence-corrected chi connectivity index (χ3v) is 8.56. The SMILES string of the molecule is CN(C)Cc1cccc[c]1[Sn]([CH3])([CH3])[Cl]. The van der Waals surface area contributed by atoms with Crippen LogP contribution in [0.3, 0.4) is 0 Å². The first-order chi connectivity index (χ1) is 6.41. The molecule has 0 saturated carbocycles. The van der Waals surface area contributed by atoms with E-state index in [1.807, 2.05) is 0 Å². The quantitative estimate of drug-likeness (QED) is 0.774. The van der Waals surface area contributed by atoms with E-state index < -0.39 is 17.3 Å². The number of nitrogens with zero attached hydrogens (tertiary/aromatic N) is 1. The van der Waals surface area contributed by atoms with Crippen molar-refractivity contribution in [1.82, 2.24) is 4.90 Å². The first-order valence-electron chi connectivity index (χ1n) is 4.83. The second-order valence-corrected chi connectivity index (χ2v) is 20.6. The van der Waals surface area contributed by atoms with E-state index in [9.17, 15) is 0 Å². The third kappa shape index (κ3) is 3.44. The summed E-state index contributed by atoms with van der Waals surface area (Å²) >= 11 is -2.42. The Balaban J connectivity index is 3.04. The molecular weight excluding hydrogens is 300 g/mol. The van der Waals surface area contributed by atoms with Crippen LogP contribution in [0.25, 0.3) is 0 Å². The summed E-state index contributed by atoms with van der Waals surface area (Å²) < 4.78 is 1.43. The second kappa shape index (κ2) is 4.86. The average molecular weight is 318 g/mol. The molecule has 0 amide bonds. The maximum atomic E-state index is 6.54. The summed E-state index contributed by atoms with van der Waals surface area (Å²) in [5, 5.41) is 0. The molecule has 0 bridgehead atoms. The Labute approximate surface area is 94.7 Å². The molecule has 0 aliphatic carbocycles. The fourth-order valence-electron chi connectivity index (χ4n) is 1.58. The van der Waals surface area contributed by atoms with Crippen molar-refractivity contribution in [2.45, 2.75) is 16.4 Å². The minimum atomic E-state index is -2.42. The van der Waals surface area contributed by atoms with Gasteiger partial charge in [-0.1, -0.05) is 0 Å². The summed E-state index contributed by atoms with van der Waals surface area (Å²) in [6.45, 7) is 0.989. The van der Waals surface area contributed by atoms with Crippen molar-refractivity contribution in [1.29, 1.82) is 0 Å². The van der Waals surface area contributed by atoms with E-state index in [1.54, 1.807) is 0 Å². The van der Waals surface area contributed by atoms with Gasteiger partial charge < -0.3 is 0 Å². The van der Waals surface area contributed by atoms with Crippen molar-refractivity contribution in [3.63, 3.8) is 0 Å². The van der Waals surface area contributed by atoms with E-state index >= 15 is 0 Å². The monoisotopic (exact) mass is 319 g/mol. The van der Waals surface area contributed by atoms with Crippen molar-refractivity contribution < 1.29 is 0 Å². The molecule has 0 unspecified atom stereocenters. The summed E-state index contributed by atoms with van der Waals surface area (Å²) in [5.74, 6) is 0. The van der Waals surface area contributed by atoms with Crippen LogP contribution >= 0.6 is 8.92 Å². The Kier molecular flexibility index (Phi) is 4.28. The topological polar surface area (TPSA) is 3.24 Å². The van der Waals surface area contributed by atoms with E-state index in [1.165, 1.54) is 9.14 Å². The predicted octanol–water partition coefficient (Wildman–Crippen LogP) is 2.40. The Hall–Kier alpha value is 0.269. The molecule has 0 aliphatic rings. The Morgan fingerprint density at radius 3 is 2.29 bits per heavy atom. The van der Waals surface area contributed by atoms with Crippen LogP contribution < -0.4 is 3.58 Å². The Morgan fingerprint density at radius 1 is 1.21 bits per heavy atom. The zero-order chi connectivity index (χ0) is 10.8. The summed E-state index contributed by atoms with van der Waals surface area (Å²) in [5.41, 5.74) is 1.40. The molecule has 0 fully saturated rings. The van der Waals surface area contributed by atoms with E-state index in [-0.39, 0.29) is 0 Å².